The average Bonchev–Trinajstić information content (AvgIpc) is 3.16. The predicted octanol–water partition coefficient (Wildman–Crippen LogP) is 0.741. The molecule has 3 rings (SSSR count). The Labute approximate surface area is 118 Å². The van der Waals surface area contributed by atoms with Gasteiger partial charge in [-0.2, -0.15) is 0 Å². The number of primary amides is 1. The first-order valence-corrected chi connectivity index (χ1v) is 7.03. The summed E-state index contributed by atoms with van der Waals surface area (Å²) in [7, 11) is 1.66. The molecule has 2 aliphatic rings. The SMILES string of the molecule is CO[C@H]1C[C@@H](C(N)=O)N(c2cc(C)nc(C3CC3)n2)C1. The minimum Gasteiger partial charge on any atom is -0.380 e. The van der Waals surface area contributed by atoms with Crippen LogP contribution in [0.4, 0.5) is 5.82 Å². The van der Waals surface area contributed by atoms with Crippen molar-refractivity contribution in [1.82, 2.24) is 9.97 Å². The maximum Gasteiger partial charge on any atom is 0.240 e. The van der Waals surface area contributed by atoms with Crippen molar-refractivity contribution in [3.63, 3.8) is 0 Å². The third-order valence-corrected chi connectivity index (χ3v) is 4.02. The molecule has 1 aliphatic carbocycles. The molecule has 0 bridgehead atoms. The summed E-state index contributed by atoms with van der Waals surface area (Å²) in [6, 6.07) is 1.57. The third-order valence-electron chi connectivity index (χ3n) is 4.02. The van der Waals surface area contributed by atoms with Gasteiger partial charge in [-0.15, -0.1) is 0 Å². The van der Waals surface area contributed by atoms with E-state index in [0.717, 1.165) is 30.2 Å². The van der Waals surface area contributed by atoms with E-state index in [1.165, 1.54) is 0 Å². The highest BCUT2D eigenvalue weighted by Crippen LogP contribution is 2.39. The minimum absolute atomic E-state index is 0.0205. The summed E-state index contributed by atoms with van der Waals surface area (Å²) < 4.78 is 5.37. The van der Waals surface area contributed by atoms with Crippen LogP contribution in [-0.4, -0.2) is 41.7 Å². The fraction of sp³-hybridized carbons (Fsp3) is 0.643. The molecular formula is C14H20N4O2. The fourth-order valence-electron chi connectivity index (χ4n) is 2.74. The molecule has 108 valence electrons. The number of nitrogens with zero attached hydrogens (tertiary/aromatic N) is 3. The molecule has 0 spiro atoms. The van der Waals surface area contributed by atoms with E-state index in [4.69, 9.17) is 10.5 Å². The maximum atomic E-state index is 11.6. The van der Waals surface area contributed by atoms with Crippen molar-refractivity contribution in [2.45, 2.75) is 44.2 Å². The first-order valence-electron chi connectivity index (χ1n) is 7.03. The van der Waals surface area contributed by atoms with Gasteiger partial charge in [0.1, 0.15) is 17.7 Å². The van der Waals surface area contributed by atoms with Crippen molar-refractivity contribution < 1.29 is 9.53 Å². The smallest absolute Gasteiger partial charge is 0.240 e. The normalized spacial score (nSPS) is 26.0. The largest absolute Gasteiger partial charge is 0.380 e. The summed E-state index contributed by atoms with van der Waals surface area (Å²) in [4.78, 5) is 22.7. The Hall–Kier alpha value is -1.69. The fourth-order valence-corrected chi connectivity index (χ4v) is 2.74. The highest BCUT2D eigenvalue weighted by Gasteiger charge is 2.37. The quantitative estimate of drug-likeness (QED) is 0.877. The number of aryl methyl sites for hydroxylation is 1. The van der Waals surface area contributed by atoms with Crippen LogP contribution in [0.2, 0.25) is 0 Å². The van der Waals surface area contributed by atoms with Crippen LogP contribution < -0.4 is 10.6 Å². The number of nitrogens with two attached hydrogens (primary N) is 1. The van der Waals surface area contributed by atoms with Gasteiger partial charge in [0.15, 0.2) is 0 Å². The van der Waals surface area contributed by atoms with E-state index in [1.54, 1.807) is 7.11 Å². The van der Waals surface area contributed by atoms with Crippen LogP contribution in [0.5, 0.6) is 0 Å². The van der Waals surface area contributed by atoms with Gasteiger partial charge in [0, 0.05) is 37.8 Å². The predicted molar refractivity (Wildman–Crippen MR) is 74.5 cm³/mol. The van der Waals surface area contributed by atoms with Crippen LogP contribution >= 0.6 is 0 Å². The van der Waals surface area contributed by atoms with Gasteiger partial charge in [0.25, 0.3) is 0 Å². The molecule has 2 heterocycles. The van der Waals surface area contributed by atoms with Crippen molar-refractivity contribution in [2.75, 3.05) is 18.6 Å². The van der Waals surface area contributed by atoms with Gasteiger partial charge in [-0.05, 0) is 19.8 Å². The van der Waals surface area contributed by atoms with Crippen LogP contribution in [0, 0.1) is 6.92 Å². The van der Waals surface area contributed by atoms with Gasteiger partial charge >= 0.3 is 0 Å². The van der Waals surface area contributed by atoms with Crippen molar-refractivity contribution in [1.29, 1.82) is 0 Å². The Balaban J connectivity index is 1.91. The molecule has 1 amide bonds. The zero-order valence-corrected chi connectivity index (χ0v) is 11.9. The van der Waals surface area contributed by atoms with Gasteiger partial charge in [0.05, 0.1) is 6.10 Å². The lowest BCUT2D eigenvalue weighted by Crippen LogP contribution is -2.41. The van der Waals surface area contributed by atoms with Crippen LogP contribution in [-0.2, 0) is 9.53 Å². The standard InChI is InChI=1S/C14H20N4O2/c1-8-5-12(17-14(16-8)9-3-4-9)18-7-10(20-2)6-11(18)13(15)19/h5,9-11H,3-4,6-7H2,1-2H3,(H2,15,19)/t10-,11-/m0/s1. The second-order valence-corrected chi connectivity index (χ2v) is 5.66. The lowest BCUT2D eigenvalue weighted by atomic mass is 10.2. The number of methoxy groups -OCH3 is 1. The number of hydrogen-bond donors (Lipinski definition) is 1. The highest BCUT2D eigenvalue weighted by atomic mass is 16.5. The monoisotopic (exact) mass is 276 g/mol. The highest BCUT2D eigenvalue weighted by molar-refractivity contribution is 5.84. The Bertz CT molecular complexity index is 530. The number of carbonyl (C=O) groups is 1. The van der Waals surface area contributed by atoms with E-state index < -0.39 is 0 Å². The van der Waals surface area contributed by atoms with Crippen LogP contribution in [0.25, 0.3) is 0 Å². The molecule has 0 radical (unpaired) electrons. The Morgan fingerprint density at radius 2 is 2.20 bits per heavy atom. The Morgan fingerprint density at radius 3 is 2.80 bits per heavy atom. The van der Waals surface area contributed by atoms with E-state index >= 15 is 0 Å². The van der Waals surface area contributed by atoms with Crippen molar-refractivity contribution in [3.8, 4) is 0 Å². The first-order chi connectivity index (χ1) is 9.58. The number of hydrogen-bond acceptors (Lipinski definition) is 5. The zero-order chi connectivity index (χ0) is 14.3. The Kier molecular flexibility index (Phi) is 3.33. The lowest BCUT2D eigenvalue weighted by Gasteiger charge is -2.23. The molecule has 2 N–H and O–H groups in total. The summed E-state index contributed by atoms with van der Waals surface area (Å²) in [5, 5.41) is 0. The number of ether oxygens (including phenoxy) is 1. The molecule has 2 fully saturated rings. The molecule has 6 nitrogen and oxygen atoms in total. The van der Waals surface area contributed by atoms with E-state index in [-0.39, 0.29) is 18.1 Å². The summed E-state index contributed by atoms with van der Waals surface area (Å²) in [5.74, 6) is 1.85. The second-order valence-electron chi connectivity index (χ2n) is 5.66. The summed E-state index contributed by atoms with van der Waals surface area (Å²) in [6.45, 7) is 2.60. The van der Waals surface area contributed by atoms with E-state index in [0.29, 0.717) is 18.9 Å². The van der Waals surface area contributed by atoms with Crippen LogP contribution in [0.15, 0.2) is 6.07 Å². The second kappa shape index (κ2) is 5.01. The zero-order valence-electron chi connectivity index (χ0n) is 11.9. The summed E-state index contributed by atoms with van der Waals surface area (Å²) in [5.41, 5.74) is 6.44. The number of carbonyl (C=O) groups excluding carboxylic acids is 1. The molecular weight excluding hydrogens is 256 g/mol. The third kappa shape index (κ3) is 2.47. The number of anilines is 1. The van der Waals surface area contributed by atoms with E-state index in [9.17, 15) is 4.79 Å². The van der Waals surface area contributed by atoms with Gasteiger partial charge < -0.3 is 15.4 Å². The van der Waals surface area contributed by atoms with E-state index in [2.05, 4.69) is 9.97 Å². The van der Waals surface area contributed by atoms with Crippen molar-refractivity contribution in [2.24, 2.45) is 5.73 Å². The molecule has 0 unspecified atom stereocenters. The molecule has 1 aliphatic heterocycles. The first kappa shape index (κ1) is 13.3. The van der Waals surface area contributed by atoms with Crippen LogP contribution in [0.1, 0.15) is 36.7 Å². The number of amides is 1. The van der Waals surface area contributed by atoms with Crippen LogP contribution in [0.3, 0.4) is 0 Å². The molecule has 1 aromatic rings. The minimum atomic E-state index is -0.346. The lowest BCUT2D eigenvalue weighted by molar-refractivity contribution is -0.119. The summed E-state index contributed by atoms with van der Waals surface area (Å²) in [6.07, 6.45) is 2.95. The molecule has 6 heteroatoms. The van der Waals surface area contributed by atoms with Gasteiger partial charge in [-0.1, -0.05) is 0 Å². The van der Waals surface area contributed by atoms with Crippen molar-refractivity contribution >= 4 is 11.7 Å². The van der Waals surface area contributed by atoms with E-state index in [1.807, 2.05) is 17.9 Å². The molecule has 20 heavy (non-hydrogen) atoms. The van der Waals surface area contributed by atoms with Crippen molar-refractivity contribution in [3.05, 3.63) is 17.6 Å². The number of aromatic nitrogens is 2. The maximum absolute atomic E-state index is 11.6. The molecule has 1 saturated carbocycles. The number of rotatable bonds is 4. The van der Waals surface area contributed by atoms with Gasteiger partial charge in [-0.3, -0.25) is 4.79 Å². The molecule has 1 aromatic heterocycles. The molecule has 1 saturated heterocycles. The van der Waals surface area contributed by atoms with Gasteiger partial charge in [-0.25, -0.2) is 9.97 Å². The molecule has 0 aromatic carbocycles. The molecule has 2 atom stereocenters. The summed E-state index contributed by atoms with van der Waals surface area (Å²) >= 11 is 0. The topological polar surface area (TPSA) is 81.3 Å². The Morgan fingerprint density at radius 1 is 1.45 bits per heavy atom. The average molecular weight is 276 g/mol. The van der Waals surface area contributed by atoms with Gasteiger partial charge in [0.2, 0.25) is 5.91 Å².